The Bertz CT molecular complexity index is 221. The third-order valence-corrected chi connectivity index (χ3v) is 3.88. The molecule has 3 atom stereocenters. The van der Waals surface area contributed by atoms with Gasteiger partial charge in [0, 0.05) is 12.6 Å². The van der Waals surface area contributed by atoms with E-state index >= 15 is 0 Å². The van der Waals surface area contributed by atoms with Crippen molar-refractivity contribution >= 4 is 0 Å². The Hall–Kier alpha value is -0.0800. The molecule has 0 aromatic heterocycles. The molecule has 1 fully saturated rings. The molecule has 0 aromatic rings. The van der Waals surface area contributed by atoms with Crippen LogP contribution in [-0.4, -0.2) is 35.7 Å². The van der Waals surface area contributed by atoms with E-state index in [0.717, 1.165) is 18.9 Å². The van der Waals surface area contributed by atoms with Crippen LogP contribution in [0.5, 0.6) is 0 Å². The van der Waals surface area contributed by atoms with Crippen molar-refractivity contribution < 1.29 is 5.11 Å². The number of rotatable bonds is 4. The summed E-state index contributed by atoms with van der Waals surface area (Å²) in [5, 5.41) is 10.2. The molecule has 0 aliphatic heterocycles. The van der Waals surface area contributed by atoms with E-state index in [0.29, 0.717) is 11.5 Å². The van der Waals surface area contributed by atoms with Gasteiger partial charge in [-0.05, 0) is 37.6 Å². The maximum atomic E-state index is 10.2. The highest BCUT2D eigenvalue weighted by Crippen LogP contribution is 2.31. The van der Waals surface area contributed by atoms with Crippen LogP contribution in [0.15, 0.2) is 0 Å². The van der Waals surface area contributed by atoms with Gasteiger partial charge >= 0.3 is 0 Å². The first kappa shape index (κ1) is 15.0. The van der Waals surface area contributed by atoms with Gasteiger partial charge in [-0.15, -0.1) is 0 Å². The van der Waals surface area contributed by atoms with Gasteiger partial charge in [0.05, 0.1) is 6.10 Å². The lowest BCUT2D eigenvalue weighted by Crippen LogP contribution is -2.48. The van der Waals surface area contributed by atoms with E-state index in [2.05, 4.69) is 39.6 Å². The molecule has 1 aliphatic rings. The molecular weight excluding hydrogens is 210 g/mol. The van der Waals surface area contributed by atoms with Crippen LogP contribution in [0.3, 0.4) is 0 Å². The molecule has 3 unspecified atom stereocenters. The van der Waals surface area contributed by atoms with E-state index in [9.17, 15) is 5.11 Å². The molecule has 2 heteroatoms. The zero-order valence-electron chi connectivity index (χ0n) is 12.4. The van der Waals surface area contributed by atoms with Gasteiger partial charge in [0.15, 0.2) is 0 Å². The first-order valence-electron chi connectivity index (χ1n) is 7.22. The van der Waals surface area contributed by atoms with Crippen molar-refractivity contribution in [3.8, 4) is 0 Å². The van der Waals surface area contributed by atoms with Crippen molar-refractivity contribution in [2.24, 2.45) is 11.3 Å². The molecule has 0 amide bonds. The summed E-state index contributed by atoms with van der Waals surface area (Å²) in [7, 11) is 2.17. The SMILES string of the molecule is CCCC1CCC(O)C(N(C)CC(C)(C)C)C1. The van der Waals surface area contributed by atoms with Gasteiger partial charge in [-0.2, -0.15) is 0 Å². The first-order valence-corrected chi connectivity index (χ1v) is 7.22. The molecule has 17 heavy (non-hydrogen) atoms. The Morgan fingerprint density at radius 3 is 2.41 bits per heavy atom. The molecule has 0 bridgehead atoms. The van der Waals surface area contributed by atoms with Crippen LogP contribution in [-0.2, 0) is 0 Å². The highest BCUT2D eigenvalue weighted by molar-refractivity contribution is 4.86. The summed E-state index contributed by atoms with van der Waals surface area (Å²) in [5.41, 5.74) is 0.312. The van der Waals surface area contributed by atoms with Crippen molar-refractivity contribution in [1.29, 1.82) is 0 Å². The largest absolute Gasteiger partial charge is 0.391 e. The molecule has 2 nitrogen and oxygen atoms in total. The maximum Gasteiger partial charge on any atom is 0.0695 e. The van der Waals surface area contributed by atoms with Gasteiger partial charge in [-0.3, -0.25) is 0 Å². The van der Waals surface area contributed by atoms with Gasteiger partial charge in [-0.25, -0.2) is 0 Å². The molecule has 0 radical (unpaired) electrons. The van der Waals surface area contributed by atoms with Crippen molar-refractivity contribution in [3.63, 3.8) is 0 Å². The molecular formula is C15H31NO. The van der Waals surface area contributed by atoms with E-state index in [4.69, 9.17) is 0 Å². The van der Waals surface area contributed by atoms with E-state index in [-0.39, 0.29) is 6.10 Å². The van der Waals surface area contributed by atoms with Gasteiger partial charge < -0.3 is 10.0 Å². The van der Waals surface area contributed by atoms with Crippen LogP contribution in [0.4, 0.5) is 0 Å². The minimum absolute atomic E-state index is 0.115. The second-order valence-corrected chi connectivity index (χ2v) is 7.08. The number of hydrogen-bond acceptors (Lipinski definition) is 2. The molecule has 1 N–H and O–H groups in total. The second-order valence-electron chi connectivity index (χ2n) is 7.08. The topological polar surface area (TPSA) is 23.5 Å². The molecule has 0 spiro atoms. The smallest absolute Gasteiger partial charge is 0.0695 e. The monoisotopic (exact) mass is 241 g/mol. The van der Waals surface area contributed by atoms with Crippen LogP contribution in [0.1, 0.15) is 59.8 Å². The molecule has 1 saturated carbocycles. The predicted octanol–water partition coefficient (Wildman–Crippen LogP) is 3.29. The molecule has 102 valence electrons. The highest BCUT2D eigenvalue weighted by atomic mass is 16.3. The Labute approximate surface area is 107 Å². The van der Waals surface area contributed by atoms with Crippen molar-refractivity contribution in [2.75, 3.05) is 13.6 Å². The Morgan fingerprint density at radius 2 is 1.88 bits per heavy atom. The van der Waals surface area contributed by atoms with Gasteiger partial charge in [0.1, 0.15) is 0 Å². The van der Waals surface area contributed by atoms with Crippen LogP contribution in [0, 0.1) is 11.3 Å². The van der Waals surface area contributed by atoms with E-state index in [1.165, 1.54) is 25.7 Å². The number of nitrogens with zero attached hydrogens (tertiary/aromatic N) is 1. The van der Waals surface area contributed by atoms with E-state index in [1.54, 1.807) is 0 Å². The molecule has 0 saturated heterocycles. The lowest BCUT2D eigenvalue weighted by atomic mass is 9.80. The summed E-state index contributed by atoms with van der Waals surface area (Å²) in [5.74, 6) is 0.829. The summed E-state index contributed by atoms with van der Waals surface area (Å²) in [4.78, 5) is 2.38. The standard InChI is InChI=1S/C15H31NO/c1-6-7-12-8-9-14(17)13(10-12)16(5)11-15(2,3)4/h12-14,17H,6-11H2,1-5H3. The van der Waals surface area contributed by atoms with Crippen LogP contribution in [0.25, 0.3) is 0 Å². The summed E-state index contributed by atoms with van der Waals surface area (Å²) >= 11 is 0. The Morgan fingerprint density at radius 1 is 1.24 bits per heavy atom. The normalized spacial score (nSPS) is 30.9. The second kappa shape index (κ2) is 6.19. The fourth-order valence-corrected chi connectivity index (χ4v) is 3.22. The first-order chi connectivity index (χ1) is 7.83. The third-order valence-electron chi connectivity index (χ3n) is 3.88. The predicted molar refractivity (Wildman–Crippen MR) is 74.1 cm³/mol. The van der Waals surface area contributed by atoms with Gasteiger partial charge in [0.25, 0.3) is 0 Å². The minimum atomic E-state index is -0.115. The Balaban J connectivity index is 2.54. The van der Waals surface area contributed by atoms with Crippen LogP contribution >= 0.6 is 0 Å². The van der Waals surface area contributed by atoms with Gasteiger partial charge in [-0.1, -0.05) is 40.5 Å². The fourth-order valence-electron chi connectivity index (χ4n) is 3.22. The van der Waals surface area contributed by atoms with Crippen LogP contribution < -0.4 is 0 Å². The average Bonchev–Trinajstić information content (AvgIpc) is 2.18. The molecule has 0 heterocycles. The molecule has 0 aromatic carbocycles. The zero-order chi connectivity index (χ0) is 13.1. The lowest BCUT2D eigenvalue weighted by Gasteiger charge is -2.41. The number of hydrogen-bond donors (Lipinski definition) is 1. The number of aliphatic hydroxyl groups is 1. The fraction of sp³-hybridized carbons (Fsp3) is 1.00. The molecule has 1 aliphatic carbocycles. The Kier molecular flexibility index (Phi) is 5.46. The quantitative estimate of drug-likeness (QED) is 0.816. The van der Waals surface area contributed by atoms with Crippen LogP contribution in [0.2, 0.25) is 0 Å². The van der Waals surface area contributed by atoms with Crippen molar-refractivity contribution in [3.05, 3.63) is 0 Å². The summed E-state index contributed by atoms with van der Waals surface area (Å²) in [6, 6.07) is 0.375. The molecule has 1 rings (SSSR count). The average molecular weight is 241 g/mol. The van der Waals surface area contributed by atoms with E-state index in [1.807, 2.05) is 0 Å². The van der Waals surface area contributed by atoms with Crippen molar-refractivity contribution in [2.45, 2.75) is 71.9 Å². The van der Waals surface area contributed by atoms with Crippen molar-refractivity contribution in [1.82, 2.24) is 4.90 Å². The maximum absolute atomic E-state index is 10.2. The summed E-state index contributed by atoms with van der Waals surface area (Å²) in [6.45, 7) is 10.1. The third kappa shape index (κ3) is 4.97. The lowest BCUT2D eigenvalue weighted by molar-refractivity contribution is 0.00159. The number of aliphatic hydroxyl groups excluding tert-OH is 1. The summed E-state index contributed by atoms with van der Waals surface area (Å²) in [6.07, 6.45) is 5.87. The van der Waals surface area contributed by atoms with Gasteiger partial charge in [0.2, 0.25) is 0 Å². The minimum Gasteiger partial charge on any atom is -0.391 e. The summed E-state index contributed by atoms with van der Waals surface area (Å²) < 4.78 is 0. The highest BCUT2D eigenvalue weighted by Gasteiger charge is 2.32. The number of likely N-dealkylation sites (N-methyl/N-ethyl adjacent to an activating group) is 1. The zero-order valence-corrected chi connectivity index (χ0v) is 12.4. The van der Waals surface area contributed by atoms with E-state index < -0.39 is 0 Å².